The molecule has 4 aromatic rings. The molecule has 0 spiro atoms. The first kappa shape index (κ1) is 21.6. The van der Waals surface area contributed by atoms with Gasteiger partial charge in [-0.1, -0.05) is 42.5 Å². The Kier molecular flexibility index (Phi) is 6.85. The molecule has 0 saturated heterocycles. The highest BCUT2D eigenvalue weighted by molar-refractivity contribution is 5.80. The van der Waals surface area contributed by atoms with Crippen LogP contribution in [0.3, 0.4) is 0 Å². The van der Waals surface area contributed by atoms with Crippen molar-refractivity contribution in [2.24, 2.45) is 0 Å². The van der Waals surface area contributed by atoms with Crippen molar-refractivity contribution >= 4 is 17.1 Å². The standard InChI is InChI=1S/C27H27FN2O2/c1-3-10-20-15-16-25(26(19-20)31-2)32-18-9-8-17-30-24-14-7-6-13-23(24)29-27(30)21-11-4-5-12-22(21)28/h3-7,10-16,19H,8-9,17-18H2,1-2H3/b10-3+. The lowest BCUT2D eigenvalue weighted by atomic mass is 10.2. The van der Waals surface area contributed by atoms with E-state index in [0.717, 1.165) is 47.5 Å². The van der Waals surface area contributed by atoms with Gasteiger partial charge in [0.1, 0.15) is 11.6 Å². The normalized spacial score (nSPS) is 11.3. The number of rotatable bonds is 9. The zero-order valence-corrected chi connectivity index (χ0v) is 18.4. The van der Waals surface area contributed by atoms with Crippen LogP contribution < -0.4 is 9.47 Å². The molecule has 0 N–H and O–H groups in total. The summed E-state index contributed by atoms with van der Waals surface area (Å²) in [7, 11) is 1.65. The summed E-state index contributed by atoms with van der Waals surface area (Å²) in [5.41, 5.74) is 3.47. The number of fused-ring (bicyclic) bond motifs is 1. The average Bonchev–Trinajstić information content (AvgIpc) is 3.18. The minimum atomic E-state index is -0.263. The van der Waals surface area contributed by atoms with Crippen LogP contribution in [0.2, 0.25) is 0 Å². The van der Waals surface area contributed by atoms with Gasteiger partial charge in [0.25, 0.3) is 0 Å². The smallest absolute Gasteiger partial charge is 0.161 e. The lowest BCUT2D eigenvalue weighted by molar-refractivity contribution is 0.284. The molecule has 0 aliphatic carbocycles. The van der Waals surface area contributed by atoms with Crippen molar-refractivity contribution < 1.29 is 13.9 Å². The lowest BCUT2D eigenvalue weighted by Crippen LogP contribution is -2.05. The fourth-order valence-electron chi connectivity index (χ4n) is 3.80. The summed E-state index contributed by atoms with van der Waals surface area (Å²) in [6.07, 6.45) is 5.74. The van der Waals surface area contributed by atoms with E-state index in [1.54, 1.807) is 19.2 Å². The molecule has 0 aliphatic rings. The van der Waals surface area contributed by atoms with Gasteiger partial charge in [-0.25, -0.2) is 9.37 Å². The second-order valence-electron chi connectivity index (χ2n) is 7.52. The molecule has 1 aromatic heterocycles. The van der Waals surface area contributed by atoms with Crippen molar-refractivity contribution in [3.8, 4) is 22.9 Å². The number of hydrogen-bond acceptors (Lipinski definition) is 3. The van der Waals surface area contributed by atoms with Crippen LogP contribution in [0.15, 0.2) is 72.8 Å². The number of hydrogen-bond donors (Lipinski definition) is 0. The number of para-hydroxylation sites is 2. The largest absolute Gasteiger partial charge is 0.493 e. The predicted octanol–water partition coefficient (Wildman–Crippen LogP) is 6.74. The third-order valence-corrected chi connectivity index (χ3v) is 5.35. The predicted molar refractivity (Wildman–Crippen MR) is 128 cm³/mol. The highest BCUT2D eigenvalue weighted by atomic mass is 19.1. The fourth-order valence-corrected chi connectivity index (χ4v) is 3.80. The number of aromatic nitrogens is 2. The number of methoxy groups -OCH3 is 1. The monoisotopic (exact) mass is 430 g/mol. The molecule has 3 aromatic carbocycles. The number of ether oxygens (including phenoxy) is 2. The number of imidazole rings is 1. The number of nitrogens with zero attached hydrogens (tertiary/aromatic N) is 2. The van der Waals surface area contributed by atoms with Gasteiger partial charge in [0, 0.05) is 6.54 Å². The molecule has 0 bridgehead atoms. The van der Waals surface area contributed by atoms with Crippen molar-refractivity contribution in [1.29, 1.82) is 0 Å². The van der Waals surface area contributed by atoms with Crippen LogP contribution in [-0.2, 0) is 6.54 Å². The van der Waals surface area contributed by atoms with Gasteiger partial charge in [-0.15, -0.1) is 0 Å². The first-order valence-corrected chi connectivity index (χ1v) is 10.8. The second kappa shape index (κ2) is 10.1. The van der Waals surface area contributed by atoms with Crippen molar-refractivity contribution in [3.63, 3.8) is 0 Å². The van der Waals surface area contributed by atoms with E-state index in [2.05, 4.69) is 4.57 Å². The quantitative estimate of drug-likeness (QED) is 0.276. The zero-order valence-electron chi connectivity index (χ0n) is 18.4. The molecule has 4 rings (SSSR count). The third-order valence-electron chi connectivity index (χ3n) is 5.35. The summed E-state index contributed by atoms with van der Waals surface area (Å²) in [6.45, 7) is 3.28. The maximum Gasteiger partial charge on any atom is 0.161 e. The summed E-state index contributed by atoms with van der Waals surface area (Å²) in [5.74, 6) is 1.86. The number of allylic oxidation sites excluding steroid dienone is 1. The Labute approximate surface area is 187 Å². The van der Waals surface area contributed by atoms with Crippen LogP contribution in [0.4, 0.5) is 4.39 Å². The fraction of sp³-hybridized carbons (Fsp3) is 0.222. The molecule has 0 aliphatic heterocycles. The maximum absolute atomic E-state index is 14.5. The molecule has 0 amide bonds. The van der Waals surface area contributed by atoms with Crippen LogP contribution in [0.1, 0.15) is 25.3 Å². The highest BCUT2D eigenvalue weighted by Crippen LogP contribution is 2.29. The van der Waals surface area contributed by atoms with Crippen molar-refractivity contribution in [2.75, 3.05) is 13.7 Å². The summed E-state index contributed by atoms with van der Waals surface area (Å²) in [4.78, 5) is 4.71. The Balaban J connectivity index is 1.44. The summed E-state index contributed by atoms with van der Waals surface area (Å²) in [6, 6.07) is 20.6. The van der Waals surface area contributed by atoms with Crippen LogP contribution >= 0.6 is 0 Å². The molecule has 32 heavy (non-hydrogen) atoms. The molecule has 0 saturated carbocycles. The molecule has 0 unspecified atom stereocenters. The van der Waals surface area contributed by atoms with Gasteiger partial charge in [0.15, 0.2) is 11.5 Å². The highest BCUT2D eigenvalue weighted by Gasteiger charge is 2.15. The average molecular weight is 431 g/mol. The SMILES string of the molecule is C/C=C/c1ccc(OCCCCn2c(-c3ccccc3F)nc3ccccc32)c(OC)c1. The summed E-state index contributed by atoms with van der Waals surface area (Å²) < 4.78 is 28.0. The number of aryl methyl sites for hydroxylation is 1. The molecule has 0 radical (unpaired) electrons. The van der Waals surface area contributed by atoms with E-state index in [4.69, 9.17) is 14.5 Å². The van der Waals surface area contributed by atoms with Crippen LogP contribution in [0, 0.1) is 5.82 Å². The first-order chi connectivity index (χ1) is 15.7. The van der Waals surface area contributed by atoms with Crippen LogP contribution in [0.5, 0.6) is 11.5 Å². The molecule has 0 fully saturated rings. The Bertz CT molecular complexity index is 1230. The van der Waals surface area contributed by atoms with Gasteiger partial charge in [-0.3, -0.25) is 0 Å². The molecule has 1 heterocycles. The Morgan fingerprint density at radius 3 is 2.59 bits per heavy atom. The van der Waals surface area contributed by atoms with E-state index < -0.39 is 0 Å². The molecular weight excluding hydrogens is 403 g/mol. The van der Waals surface area contributed by atoms with E-state index in [0.29, 0.717) is 18.0 Å². The van der Waals surface area contributed by atoms with Crippen molar-refractivity contribution in [1.82, 2.24) is 9.55 Å². The molecule has 4 nitrogen and oxygen atoms in total. The van der Waals surface area contributed by atoms with Gasteiger partial charge in [-0.05, 0) is 61.7 Å². The third kappa shape index (κ3) is 4.67. The van der Waals surface area contributed by atoms with Gasteiger partial charge < -0.3 is 14.0 Å². The minimum Gasteiger partial charge on any atom is -0.493 e. The van der Waals surface area contributed by atoms with Gasteiger partial charge >= 0.3 is 0 Å². The van der Waals surface area contributed by atoms with Gasteiger partial charge in [0.2, 0.25) is 0 Å². The maximum atomic E-state index is 14.5. The molecular formula is C27H27FN2O2. The Morgan fingerprint density at radius 2 is 1.78 bits per heavy atom. The van der Waals surface area contributed by atoms with E-state index in [1.807, 2.05) is 67.6 Å². The number of unbranched alkanes of at least 4 members (excludes halogenated alkanes) is 1. The summed E-state index contributed by atoms with van der Waals surface area (Å²) >= 11 is 0. The van der Waals surface area contributed by atoms with E-state index in [9.17, 15) is 4.39 Å². The lowest BCUT2D eigenvalue weighted by Gasteiger charge is -2.12. The van der Waals surface area contributed by atoms with Crippen molar-refractivity contribution in [3.05, 3.63) is 84.2 Å². The molecule has 5 heteroatoms. The topological polar surface area (TPSA) is 36.3 Å². The van der Waals surface area contributed by atoms with E-state index >= 15 is 0 Å². The number of halogens is 1. The zero-order chi connectivity index (χ0) is 22.3. The molecule has 0 atom stereocenters. The van der Waals surface area contributed by atoms with Crippen molar-refractivity contribution in [2.45, 2.75) is 26.3 Å². The second-order valence-corrected chi connectivity index (χ2v) is 7.52. The molecule has 164 valence electrons. The first-order valence-electron chi connectivity index (χ1n) is 10.8. The van der Waals surface area contributed by atoms with Gasteiger partial charge in [0.05, 0.1) is 30.3 Å². The van der Waals surface area contributed by atoms with E-state index in [-0.39, 0.29) is 5.82 Å². The van der Waals surface area contributed by atoms with E-state index in [1.165, 1.54) is 6.07 Å². The van der Waals surface area contributed by atoms with Crippen LogP contribution in [0.25, 0.3) is 28.5 Å². The Hall–Kier alpha value is -3.60. The van der Waals surface area contributed by atoms with Crippen LogP contribution in [-0.4, -0.2) is 23.3 Å². The Morgan fingerprint density at radius 1 is 0.969 bits per heavy atom. The summed E-state index contributed by atoms with van der Waals surface area (Å²) in [5, 5.41) is 0. The minimum absolute atomic E-state index is 0.263. The van der Waals surface area contributed by atoms with Gasteiger partial charge in [-0.2, -0.15) is 0 Å². The number of benzene rings is 3.